The van der Waals surface area contributed by atoms with Gasteiger partial charge in [-0.1, -0.05) is 12.1 Å². The molecule has 0 aliphatic heterocycles. The van der Waals surface area contributed by atoms with Gasteiger partial charge in [0.2, 0.25) is 5.91 Å². The van der Waals surface area contributed by atoms with Crippen LogP contribution >= 0.6 is 0 Å². The number of nitrogens with one attached hydrogen (secondary N) is 2. The molecule has 2 amide bonds. The third-order valence-electron chi connectivity index (χ3n) is 6.49. The summed E-state index contributed by atoms with van der Waals surface area (Å²) in [5, 5.41) is 5.51. The summed E-state index contributed by atoms with van der Waals surface area (Å²) < 4.78 is 44.5. The van der Waals surface area contributed by atoms with Gasteiger partial charge in [0.05, 0.1) is 16.5 Å². The van der Waals surface area contributed by atoms with Crippen molar-refractivity contribution in [2.75, 3.05) is 24.2 Å². The summed E-state index contributed by atoms with van der Waals surface area (Å²) in [6, 6.07) is 12.4. The van der Waals surface area contributed by atoms with Crippen LogP contribution in [0.15, 0.2) is 70.0 Å². The smallest absolute Gasteiger partial charge is 0.389 e. The van der Waals surface area contributed by atoms with E-state index in [1.54, 1.807) is 38.9 Å². The fourth-order valence-corrected chi connectivity index (χ4v) is 4.27. The lowest BCUT2D eigenvalue weighted by Crippen LogP contribution is -2.49. The number of hydrogen-bond donors (Lipinski definition) is 2. The lowest BCUT2D eigenvalue weighted by molar-refractivity contribution is -0.137. The van der Waals surface area contributed by atoms with Crippen molar-refractivity contribution in [3.8, 4) is 0 Å². The molecule has 0 atom stereocenters. The van der Waals surface area contributed by atoms with E-state index in [9.17, 15) is 27.6 Å². The number of halogens is 3. The third-order valence-corrected chi connectivity index (χ3v) is 6.49. The molecule has 0 saturated carbocycles. The molecule has 9 nitrogen and oxygen atoms in total. The molecule has 4 aromatic rings. The Morgan fingerprint density at radius 1 is 1.05 bits per heavy atom. The van der Waals surface area contributed by atoms with Gasteiger partial charge < -0.3 is 20.0 Å². The number of rotatable bonds is 8. The van der Waals surface area contributed by atoms with Crippen molar-refractivity contribution in [3.05, 3.63) is 93.6 Å². The first-order valence-corrected chi connectivity index (χ1v) is 12.6. The molecule has 0 spiro atoms. The van der Waals surface area contributed by atoms with Crippen molar-refractivity contribution < 1.29 is 27.2 Å². The van der Waals surface area contributed by atoms with E-state index < -0.39 is 28.8 Å². The van der Waals surface area contributed by atoms with Crippen LogP contribution in [0.3, 0.4) is 0 Å². The van der Waals surface area contributed by atoms with Gasteiger partial charge in [0, 0.05) is 43.2 Å². The molecule has 4 rings (SSSR count). The van der Waals surface area contributed by atoms with E-state index in [2.05, 4.69) is 20.6 Å². The van der Waals surface area contributed by atoms with E-state index >= 15 is 0 Å². The van der Waals surface area contributed by atoms with E-state index in [-0.39, 0.29) is 34.1 Å². The predicted molar refractivity (Wildman–Crippen MR) is 148 cm³/mol. The van der Waals surface area contributed by atoms with Crippen LogP contribution in [0.2, 0.25) is 0 Å². The molecule has 0 aliphatic rings. The van der Waals surface area contributed by atoms with Gasteiger partial charge in [-0.3, -0.25) is 14.6 Å². The Labute approximate surface area is 233 Å². The first-order valence-electron chi connectivity index (χ1n) is 12.6. The Morgan fingerprint density at radius 3 is 2.49 bits per heavy atom. The van der Waals surface area contributed by atoms with Crippen molar-refractivity contribution in [3.63, 3.8) is 0 Å². The van der Waals surface area contributed by atoms with Crippen LogP contribution in [0.25, 0.3) is 10.9 Å². The number of amides is 2. The summed E-state index contributed by atoms with van der Waals surface area (Å²) >= 11 is 0. The van der Waals surface area contributed by atoms with Gasteiger partial charge in [0.25, 0.3) is 11.9 Å². The van der Waals surface area contributed by atoms with Gasteiger partial charge in [-0.2, -0.15) is 18.2 Å². The molecule has 0 radical (unpaired) electrons. The SMILES string of the molecule is Cc1c(NC(=O)c2cccc(C(F)(F)F)c2)ccc2nc(NC(C)(C)C(=O)N(C)CCc3ccccn3)oc(=O)c12. The van der Waals surface area contributed by atoms with E-state index in [0.717, 1.165) is 23.9 Å². The number of aryl methyl sites for hydroxylation is 1. The van der Waals surface area contributed by atoms with Crippen LogP contribution in [0.4, 0.5) is 24.9 Å². The standard InChI is InChI=1S/C29H28F3N5O4/c1-17-21(34-24(38)18-8-7-9-19(16-18)29(30,31)32)11-12-22-23(17)25(39)41-27(35-22)36-28(2,3)26(40)37(4)15-13-20-10-5-6-14-33-20/h5-12,14,16H,13,15H2,1-4H3,(H,34,38)(H,35,36). The van der Waals surface area contributed by atoms with Gasteiger partial charge in [-0.25, -0.2) is 4.79 Å². The highest BCUT2D eigenvalue weighted by Crippen LogP contribution is 2.30. The number of anilines is 2. The Morgan fingerprint density at radius 2 is 1.80 bits per heavy atom. The monoisotopic (exact) mass is 567 g/mol. The number of nitrogens with zero attached hydrogens (tertiary/aromatic N) is 3. The van der Waals surface area contributed by atoms with Crippen LogP contribution in [-0.2, 0) is 17.4 Å². The molecule has 214 valence electrons. The van der Waals surface area contributed by atoms with Gasteiger partial charge in [0.1, 0.15) is 5.54 Å². The van der Waals surface area contributed by atoms with E-state index in [1.807, 2.05) is 18.2 Å². The lowest BCUT2D eigenvalue weighted by Gasteiger charge is -2.30. The molecule has 0 aliphatic carbocycles. The van der Waals surface area contributed by atoms with E-state index in [0.29, 0.717) is 18.5 Å². The number of hydrogen-bond acceptors (Lipinski definition) is 7. The molecule has 2 N–H and O–H groups in total. The van der Waals surface area contributed by atoms with Crippen molar-refractivity contribution in [2.45, 2.75) is 38.9 Å². The lowest BCUT2D eigenvalue weighted by atomic mass is 10.0. The maximum absolute atomic E-state index is 13.1. The van der Waals surface area contributed by atoms with Crippen LogP contribution in [0.5, 0.6) is 0 Å². The number of aromatic nitrogens is 2. The molecule has 0 bridgehead atoms. The zero-order valence-electron chi connectivity index (χ0n) is 22.8. The van der Waals surface area contributed by atoms with Crippen LogP contribution in [0, 0.1) is 6.92 Å². The van der Waals surface area contributed by atoms with Crippen LogP contribution in [0.1, 0.15) is 41.0 Å². The maximum Gasteiger partial charge on any atom is 0.416 e. The third kappa shape index (κ3) is 6.71. The van der Waals surface area contributed by atoms with Gasteiger partial charge >= 0.3 is 11.8 Å². The van der Waals surface area contributed by atoms with Crippen molar-refractivity contribution >= 4 is 34.4 Å². The Balaban J connectivity index is 1.51. The van der Waals surface area contributed by atoms with E-state index in [1.165, 1.54) is 18.2 Å². The second-order valence-corrected chi connectivity index (χ2v) is 10.0. The van der Waals surface area contributed by atoms with Crippen LogP contribution in [-0.4, -0.2) is 45.8 Å². The Kier molecular flexibility index (Phi) is 8.13. The van der Waals surface area contributed by atoms with Crippen LogP contribution < -0.4 is 16.3 Å². The summed E-state index contributed by atoms with van der Waals surface area (Å²) in [5.74, 6) is -1.04. The van der Waals surface area contributed by atoms with Gasteiger partial charge in [0.15, 0.2) is 0 Å². The topological polar surface area (TPSA) is 117 Å². The number of alkyl halides is 3. The molecular formula is C29H28F3N5O4. The van der Waals surface area contributed by atoms with Crippen molar-refractivity contribution in [2.24, 2.45) is 0 Å². The second-order valence-electron chi connectivity index (χ2n) is 10.0. The molecule has 2 heterocycles. The minimum absolute atomic E-state index is 0.0778. The number of carbonyl (C=O) groups excluding carboxylic acids is 2. The molecule has 41 heavy (non-hydrogen) atoms. The fraction of sp³-hybridized carbons (Fsp3) is 0.276. The second kappa shape index (κ2) is 11.4. The molecule has 0 unspecified atom stereocenters. The largest absolute Gasteiger partial charge is 0.416 e. The minimum Gasteiger partial charge on any atom is -0.389 e. The number of pyridine rings is 1. The van der Waals surface area contributed by atoms with Gasteiger partial charge in [-0.15, -0.1) is 0 Å². The fourth-order valence-electron chi connectivity index (χ4n) is 4.27. The summed E-state index contributed by atoms with van der Waals surface area (Å²) in [4.78, 5) is 48.9. The molecule has 0 saturated heterocycles. The summed E-state index contributed by atoms with van der Waals surface area (Å²) in [6.07, 6.45) is -2.35. The normalized spacial score (nSPS) is 11.8. The quantitative estimate of drug-likeness (QED) is 0.306. The number of likely N-dealkylation sites (N-methyl/N-ethyl adjacent to an activating group) is 1. The molecular weight excluding hydrogens is 539 g/mol. The summed E-state index contributed by atoms with van der Waals surface area (Å²) in [5.41, 5.74) is -1.47. The van der Waals surface area contributed by atoms with Gasteiger partial charge in [-0.05, 0) is 68.8 Å². The predicted octanol–water partition coefficient (Wildman–Crippen LogP) is 5.05. The number of benzene rings is 2. The highest BCUT2D eigenvalue weighted by Gasteiger charge is 2.32. The Hall–Kier alpha value is -4.74. The van der Waals surface area contributed by atoms with Crippen molar-refractivity contribution in [1.29, 1.82) is 0 Å². The Bertz CT molecular complexity index is 1650. The zero-order chi connectivity index (χ0) is 29.9. The average molecular weight is 568 g/mol. The summed E-state index contributed by atoms with van der Waals surface area (Å²) in [7, 11) is 1.66. The minimum atomic E-state index is -4.60. The maximum atomic E-state index is 13.1. The number of fused-ring (bicyclic) bond motifs is 1. The molecule has 2 aromatic carbocycles. The highest BCUT2D eigenvalue weighted by molar-refractivity contribution is 6.06. The first kappa shape index (κ1) is 29.2. The average Bonchev–Trinajstić information content (AvgIpc) is 2.92. The first-order chi connectivity index (χ1) is 19.3. The highest BCUT2D eigenvalue weighted by atomic mass is 19.4. The van der Waals surface area contributed by atoms with Crippen molar-refractivity contribution in [1.82, 2.24) is 14.9 Å². The number of carbonyl (C=O) groups is 2. The zero-order valence-corrected chi connectivity index (χ0v) is 22.8. The molecule has 0 fully saturated rings. The van der Waals surface area contributed by atoms with E-state index in [4.69, 9.17) is 4.42 Å². The molecule has 2 aromatic heterocycles. The molecule has 12 heteroatoms. The summed E-state index contributed by atoms with van der Waals surface area (Å²) in [6.45, 7) is 5.25.